The zero-order valence-corrected chi connectivity index (χ0v) is 18.5. The van der Waals surface area contributed by atoms with Crippen molar-refractivity contribution in [3.05, 3.63) is 71.5 Å². The number of aromatic nitrogens is 2. The van der Waals surface area contributed by atoms with Gasteiger partial charge in [-0.3, -0.25) is 4.79 Å². The highest BCUT2D eigenvalue weighted by Crippen LogP contribution is 2.22. The molecule has 1 heterocycles. The molecule has 0 fully saturated rings. The summed E-state index contributed by atoms with van der Waals surface area (Å²) >= 11 is 1.33. The van der Waals surface area contributed by atoms with Gasteiger partial charge in [-0.05, 0) is 36.6 Å². The molecule has 30 heavy (non-hydrogen) atoms. The van der Waals surface area contributed by atoms with Crippen LogP contribution in [0.3, 0.4) is 0 Å². The number of carbonyl (C=O) groups is 1. The largest absolute Gasteiger partial charge is 0.497 e. The van der Waals surface area contributed by atoms with Gasteiger partial charge >= 0.3 is 0 Å². The van der Waals surface area contributed by atoms with Crippen LogP contribution in [0.15, 0.2) is 54.6 Å². The van der Waals surface area contributed by atoms with Crippen LogP contribution in [-0.2, 0) is 17.8 Å². The van der Waals surface area contributed by atoms with E-state index in [-0.39, 0.29) is 18.5 Å². The van der Waals surface area contributed by atoms with Gasteiger partial charge in [-0.25, -0.2) is 4.98 Å². The van der Waals surface area contributed by atoms with Gasteiger partial charge in [0.1, 0.15) is 11.6 Å². The molecule has 1 aromatic heterocycles. The predicted molar refractivity (Wildman–Crippen MR) is 121 cm³/mol. The summed E-state index contributed by atoms with van der Waals surface area (Å²) in [4.78, 5) is 19.3. The molecule has 0 aliphatic rings. The molecule has 7 heteroatoms. The lowest BCUT2D eigenvalue weighted by atomic mass is 10.1. The molecule has 3 rings (SSSR count). The van der Waals surface area contributed by atoms with Crippen LogP contribution in [0.5, 0.6) is 5.75 Å². The maximum absolute atomic E-state index is 12.5. The van der Waals surface area contributed by atoms with Crippen molar-refractivity contribution in [3.63, 3.8) is 0 Å². The zero-order chi connectivity index (χ0) is 21.3. The summed E-state index contributed by atoms with van der Waals surface area (Å²) in [6.45, 7) is 4.91. The molecular weight excluding hydrogens is 396 g/mol. The zero-order valence-electron chi connectivity index (χ0n) is 17.7. The molecule has 1 N–H and O–H groups in total. The van der Waals surface area contributed by atoms with E-state index in [0.717, 1.165) is 34.3 Å². The lowest BCUT2D eigenvalue weighted by Crippen LogP contribution is -2.40. The van der Waals surface area contributed by atoms with Crippen molar-refractivity contribution in [2.75, 3.05) is 18.6 Å². The van der Waals surface area contributed by atoms with Crippen molar-refractivity contribution < 1.29 is 9.53 Å². The number of methoxy groups -OCH3 is 1. The summed E-state index contributed by atoms with van der Waals surface area (Å²) in [6.07, 6.45) is 1.51. The van der Waals surface area contributed by atoms with Gasteiger partial charge in [-0.2, -0.15) is 4.37 Å². The quantitative estimate of drug-likeness (QED) is 0.532. The SMILES string of the molecule is CC[C@@H](C)NC(=O)CN(Cc1ccccc1)c1nc(Cc2cccc(OC)c2)ns1. The van der Waals surface area contributed by atoms with Crippen LogP contribution >= 0.6 is 11.5 Å². The number of benzene rings is 2. The van der Waals surface area contributed by atoms with E-state index in [2.05, 4.69) is 28.7 Å². The van der Waals surface area contributed by atoms with Crippen LogP contribution in [-0.4, -0.2) is 35.0 Å². The van der Waals surface area contributed by atoms with E-state index in [9.17, 15) is 4.79 Å². The van der Waals surface area contributed by atoms with E-state index in [1.165, 1.54) is 11.5 Å². The second kappa shape index (κ2) is 10.7. The Balaban J connectivity index is 1.76. The second-order valence-electron chi connectivity index (χ2n) is 7.24. The van der Waals surface area contributed by atoms with Gasteiger partial charge in [0, 0.05) is 30.5 Å². The van der Waals surface area contributed by atoms with Gasteiger partial charge in [-0.15, -0.1) is 0 Å². The number of rotatable bonds is 10. The van der Waals surface area contributed by atoms with E-state index in [4.69, 9.17) is 9.72 Å². The fourth-order valence-corrected chi connectivity index (χ4v) is 3.68. The molecule has 0 aliphatic carbocycles. The minimum Gasteiger partial charge on any atom is -0.497 e. The number of nitrogens with zero attached hydrogens (tertiary/aromatic N) is 3. The number of anilines is 1. The van der Waals surface area contributed by atoms with E-state index < -0.39 is 0 Å². The summed E-state index contributed by atoms with van der Waals surface area (Å²) in [6, 6.07) is 18.1. The molecule has 0 saturated heterocycles. The molecule has 1 atom stereocenters. The maximum Gasteiger partial charge on any atom is 0.239 e. The van der Waals surface area contributed by atoms with E-state index in [1.807, 2.05) is 54.3 Å². The van der Waals surface area contributed by atoms with Gasteiger partial charge in [0.2, 0.25) is 11.0 Å². The molecule has 0 spiro atoms. The highest BCUT2D eigenvalue weighted by molar-refractivity contribution is 7.09. The molecule has 0 bridgehead atoms. The molecule has 0 aliphatic heterocycles. The average Bonchev–Trinajstić information content (AvgIpc) is 3.22. The first-order valence-electron chi connectivity index (χ1n) is 10.1. The summed E-state index contributed by atoms with van der Waals surface area (Å²) in [7, 11) is 1.66. The van der Waals surface area contributed by atoms with Crippen molar-refractivity contribution in [1.82, 2.24) is 14.7 Å². The first-order chi connectivity index (χ1) is 14.6. The summed E-state index contributed by atoms with van der Waals surface area (Å²) in [5.41, 5.74) is 2.21. The minimum absolute atomic E-state index is 0.00942. The first kappa shape index (κ1) is 21.8. The third-order valence-electron chi connectivity index (χ3n) is 4.79. The van der Waals surface area contributed by atoms with Gasteiger partial charge in [0.05, 0.1) is 13.7 Å². The number of nitrogens with one attached hydrogen (secondary N) is 1. The summed E-state index contributed by atoms with van der Waals surface area (Å²) in [5, 5.41) is 3.78. The fourth-order valence-electron chi connectivity index (χ4n) is 3.00. The number of hydrogen-bond acceptors (Lipinski definition) is 6. The predicted octanol–water partition coefficient (Wildman–Crippen LogP) is 4.06. The molecule has 0 unspecified atom stereocenters. The van der Waals surface area contributed by atoms with Crippen LogP contribution in [0.25, 0.3) is 0 Å². The van der Waals surface area contributed by atoms with Crippen molar-refractivity contribution in [2.24, 2.45) is 0 Å². The average molecular weight is 425 g/mol. The van der Waals surface area contributed by atoms with Gasteiger partial charge in [0.25, 0.3) is 0 Å². The lowest BCUT2D eigenvalue weighted by Gasteiger charge is -2.22. The Morgan fingerprint density at radius 2 is 1.93 bits per heavy atom. The topological polar surface area (TPSA) is 67.4 Å². The second-order valence-corrected chi connectivity index (χ2v) is 7.97. The van der Waals surface area contributed by atoms with Crippen LogP contribution in [0.4, 0.5) is 5.13 Å². The molecule has 2 aromatic carbocycles. The van der Waals surface area contributed by atoms with Crippen molar-refractivity contribution >= 4 is 22.6 Å². The Bertz CT molecular complexity index is 945. The van der Waals surface area contributed by atoms with Crippen LogP contribution in [0, 0.1) is 0 Å². The number of ether oxygens (including phenoxy) is 1. The maximum atomic E-state index is 12.5. The highest BCUT2D eigenvalue weighted by Gasteiger charge is 2.18. The van der Waals surface area contributed by atoms with Gasteiger partial charge in [0.15, 0.2) is 0 Å². The summed E-state index contributed by atoms with van der Waals surface area (Å²) in [5.74, 6) is 1.55. The Morgan fingerprint density at radius 1 is 1.17 bits per heavy atom. The number of hydrogen-bond donors (Lipinski definition) is 1. The van der Waals surface area contributed by atoms with E-state index in [0.29, 0.717) is 13.0 Å². The number of amides is 1. The third-order valence-corrected chi connectivity index (χ3v) is 5.61. The molecule has 6 nitrogen and oxygen atoms in total. The fraction of sp³-hybridized carbons (Fsp3) is 0.348. The first-order valence-corrected chi connectivity index (χ1v) is 10.9. The molecule has 0 radical (unpaired) electrons. The summed E-state index contributed by atoms with van der Waals surface area (Å²) < 4.78 is 9.83. The van der Waals surface area contributed by atoms with Crippen LogP contribution < -0.4 is 15.0 Å². The van der Waals surface area contributed by atoms with Gasteiger partial charge < -0.3 is 15.0 Å². The standard InChI is InChI=1S/C23H28N4O2S/c1-4-17(2)24-22(28)16-27(15-18-9-6-5-7-10-18)23-25-21(26-30-23)14-19-11-8-12-20(13-19)29-3/h5-13,17H,4,14-16H2,1-3H3,(H,24,28)/t17-/m1/s1. The minimum atomic E-state index is -0.00942. The lowest BCUT2D eigenvalue weighted by molar-refractivity contribution is -0.120. The molecule has 0 saturated carbocycles. The molecule has 1 amide bonds. The van der Waals surface area contributed by atoms with Crippen molar-refractivity contribution in [3.8, 4) is 5.75 Å². The highest BCUT2D eigenvalue weighted by atomic mass is 32.1. The Kier molecular flexibility index (Phi) is 7.79. The molecule has 3 aromatic rings. The van der Waals surface area contributed by atoms with Gasteiger partial charge in [-0.1, -0.05) is 49.4 Å². The van der Waals surface area contributed by atoms with E-state index >= 15 is 0 Å². The normalized spacial score (nSPS) is 11.7. The number of carbonyl (C=O) groups excluding carboxylic acids is 1. The van der Waals surface area contributed by atoms with Crippen molar-refractivity contribution in [1.29, 1.82) is 0 Å². The van der Waals surface area contributed by atoms with Crippen LogP contribution in [0.1, 0.15) is 37.2 Å². The van der Waals surface area contributed by atoms with E-state index in [1.54, 1.807) is 7.11 Å². The molecular formula is C23H28N4O2S. The molecule has 158 valence electrons. The monoisotopic (exact) mass is 424 g/mol. The smallest absolute Gasteiger partial charge is 0.239 e. The Hall–Kier alpha value is -2.93. The van der Waals surface area contributed by atoms with Crippen LogP contribution in [0.2, 0.25) is 0 Å². The Morgan fingerprint density at radius 3 is 2.67 bits per heavy atom. The van der Waals surface area contributed by atoms with Crippen molar-refractivity contribution in [2.45, 2.75) is 39.3 Å². The Labute approximate surface area is 182 Å². The third kappa shape index (κ3) is 6.29.